The summed E-state index contributed by atoms with van der Waals surface area (Å²) in [6, 6.07) is 10.6. The van der Waals surface area contributed by atoms with Gasteiger partial charge in [0.2, 0.25) is 5.88 Å². The molecule has 0 unspecified atom stereocenters. The first-order chi connectivity index (χ1) is 16.8. The minimum atomic E-state index is -5.08. The number of pyridine rings is 1. The van der Waals surface area contributed by atoms with Crippen molar-refractivity contribution in [3.63, 3.8) is 0 Å². The highest BCUT2D eigenvalue weighted by molar-refractivity contribution is 7.09. The van der Waals surface area contributed by atoms with E-state index in [1.807, 2.05) is 29.5 Å². The molecule has 4 heterocycles. The highest BCUT2D eigenvalue weighted by Gasteiger charge is 2.43. The number of alkyl halides is 6. The lowest BCUT2D eigenvalue weighted by atomic mass is 9.95. The van der Waals surface area contributed by atoms with Crippen molar-refractivity contribution in [3.05, 3.63) is 46.8 Å². The van der Waals surface area contributed by atoms with E-state index in [1.165, 1.54) is 4.88 Å². The lowest BCUT2D eigenvalue weighted by Crippen LogP contribution is -2.53. The van der Waals surface area contributed by atoms with Crippen LogP contribution >= 0.6 is 11.3 Å². The number of carbonyl (C=O) groups is 2. The van der Waals surface area contributed by atoms with Gasteiger partial charge >= 0.3 is 24.3 Å². The molecule has 2 aromatic rings. The van der Waals surface area contributed by atoms with Crippen LogP contribution in [-0.4, -0.2) is 75.8 Å². The third kappa shape index (κ3) is 9.28. The van der Waals surface area contributed by atoms with Crippen LogP contribution in [0.4, 0.5) is 26.3 Å². The minimum Gasteiger partial charge on any atom is -0.475 e. The molecule has 4 rings (SSSR count). The molecular formula is C21H22F6N2O6S. The number of hydrogen-bond acceptors (Lipinski definition) is 7. The number of halogens is 6. The lowest BCUT2D eigenvalue weighted by molar-refractivity contribution is -0.193. The van der Waals surface area contributed by atoms with Gasteiger partial charge in [0, 0.05) is 42.9 Å². The topological polar surface area (TPSA) is 109 Å². The molecular weight excluding hydrogens is 522 g/mol. The molecule has 0 saturated carbocycles. The van der Waals surface area contributed by atoms with Gasteiger partial charge in [-0.05, 0) is 30.4 Å². The van der Waals surface area contributed by atoms with Gasteiger partial charge < -0.3 is 19.7 Å². The Hall–Kier alpha value is -2.91. The van der Waals surface area contributed by atoms with Crippen molar-refractivity contribution in [3.8, 4) is 5.88 Å². The number of piperidine rings is 1. The summed E-state index contributed by atoms with van der Waals surface area (Å²) in [6.45, 7) is 2.91. The van der Waals surface area contributed by atoms with Crippen LogP contribution in [-0.2, 0) is 20.9 Å². The minimum absolute atomic E-state index is 0.113. The molecule has 2 N–H and O–H groups in total. The van der Waals surface area contributed by atoms with Gasteiger partial charge in [-0.15, -0.1) is 11.3 Å². The van der Waals surface area contributed by atoms with E-state index >= 15 is 0 Å². The zero-order valence-corrected chi connectivity index (χ0v) is 19.2. The summed E-state index contributed by atoms with van der Waals surface area (Å²) >= 11 is 1.83. The molecule has 2 fully saturated rings. The first-order valence-corrected chi connectivity index (χ1v) is 11.2. The predicted molar refractivity (Wildman–Crippen MR) is 114 cm³/mol. The SMILES string of the molecule is O=C(O)C(F)(F)F.O=C(O)C(F)(F)F.c1ccc(O[C@@H]2CCN(Cc3cccs3)[C@H]3CCO[C@H]23)nc1. The molecule has 15 heteroatoms. The summed E-state index contributed by atoms with van der Waals surface area (Å²) < 4.78 is 75.6. The number of thiophene rings is 1. The first kappa shape index (κ1) is 29.3. The van der Waals surface area contributed by atoms with Crippen LogP contribution < -0.4 is 4.74 Å². The van der Waals surface area contributed by atoms with Crippen LogP contribution in [0, 0.1) is 0 Å². The quantitative estimate of drug-likeness (QED) is 0.551. The van der Waals surface area contributed by atoms with E-state index in [4.69, 9.17) is 29.3 Å². The summed E-state index contributed by atoms with van der Waals surface area (Å²) in [4.78, 5) is 26.1. The molecule has 8 nitrogen and oxygen atoms in total. The van der Waals surface area contributed by atoms with E-state index in [-0.39, 0.29) is 12.2 Å². The third-order valence-corrected chi connectivity index (χ3v) is 5.83. The zero-order valence-electron chi connectivity index (χ0n) is 18.4. The van der Waals surface area contributed by atoms with Crippen molar-refractivity contribution in [2.75, 3.05) is 13.2 Å². The van der Waals surface area contributed by atoms with E-state index < -0.39 is 24.3 Å². The molecule has 0 radical (unpaired) electrons. The molecule has 0 aliphatic carbocycles. The Morgan fingerprint density at radius 2 is 1.69 bits per heavy atom. The van der Waals surface area contributed by atoms with Crippen molar-refractivity contribution < 1.29 is 55.6 Å². The van der Waals surface area contributed by atoms with E-state index in [0.29, 0.717) is 11.9 Å². The standard InChI is InChI=1S/C17H20N2O2S.2C2HF3O2/c1-2-8-18-16(5-1)21-15-6-9-19(12-13-4-3-11-22-13)14-7-10-20-17(14)15;2*3-2(4,5)1(6)7/h1-5,8,11,14-15,17H,6-7,9-10,12H2;2*(H,6,7)/t14-,15+,17-;;/m0../s1. The van der Waals surface area contributed by atoms with E-state index in [2.05, 4.69) is 27.4 Å². The number of rotatable bonds is 4. The summed E-state index contributed by atoms with van der Waals surface area (Å²) in [5, 5.41) is 16.4. The lowest BCUT2D eigenvalue weighted by Gasteiger charge is -2.40. The van der Waals surface area contributed by atoms with Crippen molar-refractivity contribution >= 4 is 23.3 Å². The second kappa shape index (κ2) is 12.9. The van der Waals surface area contributed by atoms with Gasteiger partial charge in [0.15, 0.2) is 0 Å². The van der Waals surface area contributed by atoms with Crippen molar-refractivity contribution in [1.29, 1.82) is 0 Å². The van der Waals surface area contributed by atoms with Gasteiger partial charge in [0.25, 0.3) is 0 Å². The number of nitrogens with zero attached hydrogens (tertiary/aromatic N) is 2. The molecule has 0 bridgehead atoms. The maximum Gasteiger partial charge on any atom is 0.490 e. The number of aromatic nitrogens is 1. The third-order valence-electron chi connectivity index (χ3n) is 4.97. The van der Waals surface area contributed by atoms with Crippen molar-refractivity contribution in [2.45, 2.75) is 50.0 Å². The number of hydrogen-bond donors (Lipinski definition) is 2. The van der Waals surface area contributed by atoms with Crippen LogP contribution in [0.3, 0.4) is 0 Å². The van der Waals surface area contributed by atoms with Crippen LogP contribution in [0.15, 0.2) is 41.9 Å². The van der Waals surface area contributed by atoms with Crippen LogP contribution in [0.25, 0.3) is 0 Å². The monoisotopic (exact) mass is 544 g/mol. The average Bonchev–Trinajstić information content (AvgIpc) is 3.48. The summed E-state index contributed by atoms with van der Waals surface area (Å²) in [7, 11) is 0. The Bertz CT molecular complexity index is 934. The molecule has 0 spiro atoms. The Kier molecular flexibility index (Phi) is 10.5. The number of carboxylic acids is 2. The van der Waals surface area contributed by atoms with E-state index in [1.54, 1.807) is 6.20 Å². The fourth-order valence-corrected chi connectivity index (χ4v) is 4.20. The molecule has 2 saturated heterocycles. The van der Waals surface area contributed by atoms with Gasteiger partial charge in [-0.25, -0.2) is 14.6 Å². The number of aliphatic carboxylic acids is 2. The number of carboxylic acid groups (broad SMARTS) is 2. The molecule has 2 aromatic heterocycles. The molecule has 0 aromatic carbocycles. The second-order valence-electron chi connectivity index (χ2n) is 7.46. The number of ether oxygens (including phenoxy) is 2. The maximum absolute atomic E-state index is 10.6. The van der Waals surface area contributed by atoms with E-state index in [9.17, 15) is 26.3 Å². The Labute approximate surface area is 205 Å². The van der Waals surface area contributed by atoms with Crippen LogP contribution in [0.5, 0.6) is 5.88 Å². The van der Waals surface area contributed by atoms with Crippen LogP contribution in [0.2, 0.25) is 0 Å². The molecule has 0 amide bonds. The van der Waals surface area contributed by atoms with Crippen molar-refractivity contribution in [1.82, 2.24) is 9.88 Å². The average molecular weight is 544 g/mol. The number of likely N-dealkylation sites (tertiary alicyclic amines) is 1. The Morgan fingerprint density at radius 1 is 1.06 bits per heavy atom. The molecule has 2 aliphatic rings. The number of fused-ring (bicyclic) bond motifs is 1. The molecule has 200 valence electrons. The van der Waals surface area contributed by atoms with Crippen molar-refractivity contribution in [2.24, 2.45) is 0 Å². The van der Waals surface area contributed by atoms with Gasteiger partial charge in [-0.2, -0.15) is 26.3 Å². The summed E-state index contributed by atoms with van der Waals surface area (Å²) in [6.07, 6.45) is -6.03. The molecule has 36 heavy (non-hydrogen) atoms. The predicted octanol–water partition coefficient (Wildman–Crippen LogP) is 4.22. The maximum atomic E-state index is 10.6. The Balaban J connectivity index is 0.000000271. The van der Waals surface area contributed by atoms with Crippen LogP contribution in [0.1, 0.15) is 17.7 Å². The van der Waals surface area contributed by atoms with Gasteiger partial charge in [0.05, 0.1) is 0 Å². The van der Waals surface area contributed by atoms with E-state index in [0.717, 1.165) is 32.5 Å². The summed E-state index contributed by atoms with van der Waals surface area (Å²) in [5.74, 6) is -4.81. The first-order valence-electron chi connectivity index (χ1n) is 10.3. The fraction of sp³-hybridized carbons (Fsp3) is 0.476. The highest BCUT2D eigenvalue weighted by atomic mass is 32.1. The Morgan fingerprint density at radius 3 is 2.19 bits per heavy atom. The van der Waals surface area contributed by atoms with Gasteiger partial charge in [-0.1, -0.05) is 12.1 Å². The zero-order chi connectivity index (χ0) is 26.9. The normalized spacial score (nSPS) is 21.8. The smallest absolute Gasteiger partial charge is 0.475 e. The molecule has 3 atom stereocenters. The largest absolute Gasteiger partial charge is 0.490 e. The van der Waals surface area contributed by atoms with Gasteiger partial charge in [0.1, 0.15) is 12.2 Å². The van der Waals surface area contributed by atoms with Gasteiger partial charge in [-0.3, -0.25) is 4.90 Å². The highest BCUT2D eigenvalue weighted by Crippen LogP contribution is 2.32. The summed E-state index contributed by atoms with van der Waals surface area (Å²) in [5.41, 5.74) is 0. The second-order valence-corrected chi connectivity index (χ2v) is 8.49. The molecule has 2 aliphatic heterocycles. The fourth-order valence-electron chi connectivity index (χ4n) is 3.47.